The highest BCUT2D eigenvalue weighted by Crippen LogP contribution is 2.29. The molecule has 1 aliphatic carbocycles. The van der Waals surface area contributed by atoms with Crippen molar-refractivity contribution in [3.63, 3.8) is 0 Å². The van der Waals surface area contributed by atoms with E-state index in [-0.39, 0.29) is 35.7 Å². The maximum atomic E-state index is 12.8. The van der Waals surface area contributed by atoms with Gasteiger partial charge in [0, 0.05) is 50.5 Å². The molecule has 1 saturated heterocycles. The summed E-state index contributed by atoms with van der Waals surface area (Å²) in [6, 6.07) is 4.95. The Morgan fingerprint density at radius 3 is 2.39 bits per heavy atom. The average molecular weight is 474 g/mol. The molecule has 0 bridgehead atoms. The largest absolute Gasteiger partial charge is 0.481 e. The van der Waals surface area contributed by atoms with Gasteiger partial charge in [-0.2, -0.15) is 0 Å². The van der Waals surface area contributed by atoms with E-state index in [1.54, 1.807) is 12.1 Å². The smallest absolute Gasteiger partial charge is 0.303 e. The summed E-state index contributed by atoms with van der Waals surface area (Å²) in [7, 11) is -3.48. The van der Waals surface area contributed by atoms with Crippen LogP contribution in [0, 0.1) is 5.92 Å². The van der Waals surface area contributed by atoms with Crippen molar-refractivity contribution in [1.82, 2.24) is 10.6 Å². The molecule has 8 nitrogen and oxygen atoms in total. The molecule has 0 spiro atoms. The minimum Gasteiger partial charge on any atom is -0.481 e. The number of nitrogens with one attached hydrogen (secondary N) is 2. The molecule has 10 heteroatoms. The second-order valence-corrected chi connectivity index (χ2v) is 10.3. The molecule has 2 aliphatic rings. The van der Waals surface area contributed by atoms with E-state index in [0.717, 1.165) is 51.9 Å². The zero-order valence-corrected chi connectivity index (χ0v) is 19.4. The first-order valence-corrected chi connectivity index (χ1v) is 12.5. The van der Waals surface area contributed by atoms with Crippen LogP contribution in [0.3, 0.4) is 0 Å². The van der Waals surface area contributed by atoms with Crippen LogP contribution in [0.5, 0.6) is 0 Å². The highest BCUT2D eigenvalue weighted by Gasteiger charge is 2.25. The monoisotopic (exact) mass is 473 g/mol. The van der Waals surface area contributed by atoms with Gasteiger partial charge < -0.3 is 20.6 Å². The van der Waals surface area contributed by atoms with Gasteiger partial charge in [-0.25, -0.2) is 8.42 Å². The van der Waals surface area contributed by atoms with Gasteiger partial charge in [-0.15, -0.1) is 12.4 Å². The van der Waals surface area contributed by atoms with Gasteiger partial charge in [-0.3, -0.25) is 9.59 Å². The van der Waals surface area contributed by atoms with Crippen LogP contribution in [0.25, 0.3) is 0 Å². The summed E-state index contributed by atoms with van der Waals surface area (Å²) >= 11 is 0. The van der Waals surface area contributed by atoms with E-state index >= 15 is 0 Å². The van der Waals surface area contributed by atoms with E-state index < -0.39 is 15.8 Å². The summed E-state index contributed by atoms with van der Waals surface area (Å²) in [6.07, 6.45) is 5.47. The number of anilines is 1. The predicted octanol–water partition coefficient (Wildman–Crippen LogP) is 2.07. The Labute approximate surface area is 190 Å². The first kappa shape index (κ1) is 25.4. The van der Waals surface area contributed by atoms with E-state index in [2.05, 4.69) is 10.6 Å². The van der Waals surface area contributed by atoms with Crippen LogP contribution in [-0.4, -0.2) is 63.9 Å². The Kier molecular flexibility index (Phi) is 9.14. The molecule has 31 heavy (non-hydrogen) atoms. The maximum Gasteiger partial charge on any atom is 0.303 e. The Hall–Kier alpha value is -1.84. The topological polar surface area (TPSA) is 116 Å². The van der Waals surface area contributed by atoms with Crippen molar-refractivity contribution in [2.24, 2.45) is 5.92 Å². The number of aliphatic carboxylic acids is 1. The Morgan fingerprint density at radius 1 is 1.16 bits per heavy atom. The van der Waals surface area contributed by atoms with Gasteiger partial charge in [0.2, 0.25) is 0 Å². The number of piperazine rings is 1. The van der Waals surface area contributed by atoms with E-state index in [0.29, 0.717) is 23.6 Å². The molecule has 0 radical (unpaired) electrons. The predicted molar refractivity (Wildman–Crippen MR) is 122 cm³/mol. The summed E-state index contributed by atoms with van der Waals surface area (Å²) in [6.45, 7) is 3.03. The third-order valence-electron chi connectivity index (χ3n) is 6.03. The van der Waals surface area contributed by atoms with Crippen molar-refractivity contribution in [1.29, 1.82) is 0 Å². The lowest BCUT2D eigenvalue weighted by molar-refractivity contribution is -0.137. The van der Waals surface area contributed by atoms with Gasteiger partial charge in [-0.05, 0) is 56.2 Å². The second kappa shape index (κ2) is 11.2. The number of benzene rings is 1. The minimum atomic E-state index is -3.48. The summed E-state index contributed by atoms with van der Waals surface area (Å²) in [5.41, 5.74) is 0.997. The van der Waals surface area contributed by atoms with Gasteiger partial charge in [0.25, 0.3) is 5.91 Å². The highest BCUT2D eigenvalue weighted by molar-refractivity contribution is 7.90. The van der Waals surface area contributed by atoms with Crippen molar-refractivity contribution in [2.75, 3.05) is 37.3 Å². The highest BCUT2D eigenvalue weighted by atomic mass is 35.5. The van der Waals surface area contributed by atoms with E-state index in [1.807, 2.05) is 4.90 Å². The molecule has 1 saturated carbocycles. The quantitative estimate of drug-likeness (QED) is 0.555. The number of carboxylic acid groups (broad SMARTS) is 1. The maximum absolute atomic E-state index is 12.8. The molecule has 1 heterocycles. The molecule has 1 aliphatic heterocycles. The van der Waals surface area contributed by atoms with Crippen LogP contribution in [0.2, 0.25) is 0 Å². The third-order valence-corrected chi connectivity index (χ3v) is 7.15. The number of halogens is 1. The van der Waals surface area contributed by atoms with Crippen LogP contribution in [-0.2, 0) is 14.6 Å². The fourth-order valence-corrected chi connectivity index (χ4v) is 5.23. The molecule has 2 fully saturated rings. The van der Waals surface area contributed by atoms with Crippen LogP contribution < -0.4 is 15.5 Å². The average Bonchev–Trinajstić information content (AvgIpc) is 2.72. The van der Waals surface area contributed by atoms with Gasteiger partial charge in [0.15, 0.2) is 9.84 Å². The number of nitrogens with zero attached hydrogens (tertiary/aromatic N) is 1. The molecule has 0 aromatic heterocycles. The summed E-state index contributed by atoms with van der Waals surface area (Å²) in [4.78, 5) is 25.7. The van der Waals surface area contributed by atoms with E-state index in [9.17, 15) is 18.0 Å². The summed E-state index contributed by atoms with van der Waals surface area (Å²) < 4.78 is 24.8. The van der Waals surface area contributed by atoms with Crippen molar-refractivity contribution >= 4 is 39.8 Å². The molecule has 3 N–H and O–H groups in total. The van der Waals surface area contributed by atoms with Gasteiger partial charge in [0.05, 0.1) is 10.6 Å². The number of amides is 1. The number of sulfone groups is 1. The van der Waals surface area contributed by atoms with Crippen molar-refractivity contribution in [2.45, 2.75) is 49.5 Å². The van der Waals surface area contributed by atoms with Crippen molar-refractivity contribution in [3.05, 3.63) is 23.8 Å². The number of rotatable bonds is 7. The molecule has 1 aromatic rings. The number of hydrogen-bond acceptors (Lipinski definition) is 6. The van der Waals surface area contributed by atoms with E-state index in [1.165, 1.54) is 12.3 Å². The van der Waals surface area contributed by atoms with Crippen LogP contribution in [0.15, 0.2) is 23.1 Å². The Bertz CT molecular complexity index is 879. The van der Waals surface area contributed by atoms with Gasteiger partial charge >= 0.3 is 5.97 Å². The summed E-state index contributed by atoms with van der Waals surface area (Å²) in [5, 5.41) is 15.1. The standard InChI is InChI=1S/C21H31N3O5S.ClH/c1-30(28,29)19-14-16(5-8-18(19)24-12-10-22-11-13-24)21(27)23-17-6-2-15(3-7-17)4-9-20(25)26;/h5,8,14-15,17,22H,2-4,6-7,9-13H2,1H3,(H,23,27)(H,25,26);1H. The lowest BCUT2D eigenvalue weighted by Gasteiger charge is -2.31. The molecule has 1 amide bonds. The normalized spacial score (nSPS) is 21.8. The lowest BCUT2D eigenvalue weighted by atomic mass is 9.83. The molecule has 0 unspecified atom stereocenters. The van der Waals surface area contributed by atoms with Gasteiger partial charge in [0.1, 0.15) is 0 Å². The number of carboxylic acids is 1. The molecule has 3 rings (SSSR count). The Morgan fingerprint density at radius 2 is 1.81 bits per heavy atom. The fraction of sp³-hybridized carbons (Fsp3) is 0.619. The lowest BCUT2D eigenvalue weighted by Crippen LogP contribution is -2.44. The third kappa shape index (κ3) is 7.08. The van der Waals surface area contributed by atoms with Crippen LogP contribution in [0.1, 0.15) is 48.9 Å². The Balaban J connectivity index is 0.00000341. The van der Waals surface area contributed by atoms with E-state index in [4.69, 9.17) is 5.11 Å². The minimum absolute atomic E-state index is 0. The van der Waals surface area contributed by atoms with Crippen molar-refractivity contribution < 1.29 is 23.1 Å². The number of carbonyl (C=O) groups excluding carboxylic acids is 1. The zero-order valence-electron chi connectivity index (χ0n) is 17.8. The SMILES string of the molecule is CS(=O)(=O)c1cc(C(=O)NC2CCC(CCC(=O)O)CC2)ccc1N1CCNCC1.Cl. The van der Waals surface area contributed by atoms with Gasteiger partial charge in [-0.1, -0.05) is 0 Å². The van der Waals surface area contributed by atoms with Crippen LogP contribution >= 0.6 is 12.4 Å². The van der Waals surface area contributed by atoms with Crippen molar-refractivity contribution in [3.8, 4) is 0 Å². The molecule has 0 atom stereocenters. The van der Waals surface area contributed by atoms with Crippen LogP contribution in [0.4, 0.5) is 5.69 Å². The first-order chi connectivity index (χ1) is 14.2. The zero-order chi connectivity index (χ0) is 21.7. The second-order valence-electron chi connectivity index (χ2n) is 8.32. The fourth-order valence-electron chi connectivity index (χ4n) is 4.31. The molecular formula is C21H32ClN3O5S. The molecule has 1 aromatic carbocycles. The molecular weight excluding hydrogens is 442 g/mol. The number of hydrogen-bond donors (Lipinski definition) is 3. The summed E-state index contributed by atoms with van der Waals surface area (Å²) in [5.74, 6) is -0.637. The first-order valence-electron chi connectivity index (χ1n) is 10.6. The molecule has 174 valence electrons. The number of carbonyl (C=O) groups is 2.